The first-order chi connectivity index (χ1) is 6.73. The van der Waals surface area contributed by atoms with Crippen molar-refractivity contribution in [1.29, 1.82) is 0 Å². The second kappa shape index (κ2) is 3.41. The maximum atomic E-state index is 12.4. The van der Waals surface area contributed by atoms with E-state index in [4.69, 9.17) is 5.11 Å². The lowest BCUT2D eigenvalue weighted by Crippen LogP contribution is -2.09. The number of alkyl halides is 3. The number of nitro groups is 1. The van der Waals surface area contributed by atoms with E-state index in [-0.39, 0.29) is 5.56 Å². The van der Waals surface area contributed by atoms with Crippen LogP contribution in [0.5, 0.6) is 5.75 Å². The summed E-state index contributed by atoms with van der Waals surface area (Å²) < 4.78 is 37.1. The summed E-state index contributed by atoms with van der Waals surface area (Å²) in [6, 6.07) is 1.25. The van der Waals surface area contributed by atoms with E-state index in [1.165, 1.54) is 0 Å². The summed E-state index contributed by atoms with van der Waals surface area (Å²) in [5, 5.41) is 19.4. The predicted octanol–water partition coefficient (Wildman–Crippen LogP) is 2.63. The molecule has 0 radical (unpaired) electrons. The van der Waals surface area contributed by atoms with Gasteiger partial charge in [-0.1, -0.05) is 0 Å². The van der Waals surface area contributed by atoms with Crippen molar-refractivity contribution in [2.45, 2.75) is 13.1 Å². The molecule has 1 N–H and O–H groups in total. The Hall–Kier alpha value is -1.79. The molecule has 0 saturated carbocycles. The van der Waals surface area contributed by atoms with Gasteiger partial charge in [0.05, 0.1) is 4.92 Å². The van der Waals surface area contributed by atoms with Crippen LogP contribution in [0.4, 0.5) is 18.9 Å². The number of halogens is 3. The minimum atomic E-state index is -4.86. The van der Waals surface area contributed by atoms with Crippen LogP contribution in [0.15, 0.2) is 12.1 Å². The van der Waals surface area contributed by atoms with Gasteiger partial charge in [-0.05, 0) is 19.1 Å². The molecule has 0 atom stereocenters. The number of rotatable bonds is 1. The molecular formula is C8H6F3NO3. The van der Waals surface area contributed by atoms with Gasteiger partial charge in [-0.3, -0.25) is 10.1 Å². The fraction of sp³-hybridized carbons (Fsp3) is 0.250. The third kappa shape index (κ3) is 2.17. The van der Waals surface area contributed by atoms with Crippen molar-refractivity contribution in [2.24, 2.45) is 0 Å². The molecule has 0 heterocycles. The third-order valence-electron chi connectivity index (χ3n) is 1.77. The number of phenolic OH excluding ortho intramolecular Hbond substituents is 1. The molecule has 0 unspecified atom stereocenters. The van der Waals surface area contributed by atoms with Gasteiger partial charge in [0.15, 0.2) is 0 Å². The number of nitrogens with zero attached hydrogens (tertiary/aromatic N) is 1. The van der Waals surface area contributed by atoms with Crippen molar-refractivity contribution >= 4 is 5.69 Å². The topological polar surface area (TPSA) is 63.4 Å². The Bertz CT molecular complexity index is 414. The zero-order chi connectivity index (χ0) is 11.8. The van der Waals surface area contributed by atoms with Gasteiger partial charge in [-0.2, -0.15) is 13.2 Å². The highest BCUT2D eigenvalue weighted by Gasteiger charge is 2.39. The molecule has 0 fully saturated rings. The van der Waals surface area contributed by atoms with Crippen LogP contribution in [0.25, 0.3) is 0 Å². The summed E-state index contributed by atoms with van der Waals surface area (Å²) in [5.74, 6) is -0.648. The highest BCUT2D eigenvalue weighted by Crippen LogP contribution is 2.39. The van der Waals surface area contributed by atoms with Crippen molar-refractivity contribution in [2.75, 3.05) is 0 Å². The molecule has 0 aliphatic rings. The summed E-state index contributed by atoms with van der Waals surface area (Å²) in [5.41, 5.74) is -2.70. The molecule has 82 valence electrons. The van der Waals surface area contributed by atoms with Gasteiger partial charge in [0.1, 0.15) is 11.3 Å². The van der Waals surface area contributed by atoms with Gasteiger partial charge in [-0.25, -0.2) is 0 Å². The quantitative estimate of drug-likeness (QED) is 0.585. The zero-order valence-corrected chi connectivity index (χ0v) is 7.50. The van der Waals surface area contributed by atoms with Crippen molar-refractivity contribution in [1.82, 2.24) is 0 Å². The zero-order valence-electron chi connectivity index (χ0n) is 7.50. The lowest BCUT2D eigenvalue weighted by molar-refractivity contribution is -0.388. The van der Waals surface area contributed by atoms with Crippen LogP contribution in [0.2, 0.25) is 0 Å². The summed E-state index contributed by atoms with van der Waals surface area (Å²) in [6.07, 6.45) is -4.86. The number of aromatic hydroxyl groups is 1. The molecule has 0 spiro atoms. The third-order valence-corrected chi connectivity index (χ3v) is 1.77. The van der Waals surface area contributed by atoms with Crippen LogP contribution >= 0.6 is 0 Å². The number of phenols is 1. The first kappa shape index (κ1) is 11.3. The number of nitro benzene ring substituents is 1. The maximum Gasteiger partial charge on any atom is 0.423 e. The van der Waals surface area contributed by atoms with Gasteiger partial charge in [0.2, 0.25) is 0 Å². The lowest BCUT2D eigenvalue weighted by atomic mass is 10.1. The van der Waals surface area contributed by atoms with E-state index in [0.29, 0.717) is 6.07 Å². The monoisotopic (exact) mass is 221 g/mol. The van der Waals surface area contributed by atoms with Crippen LogP contribution < -0.4 is 0 Å². The molecular weight excluding hydrogens is 215 g/mol. The van der Waals surface area contributed by atoms with Gasteiger partial charge in [-0.15, -0.1) is 0 Å². The molecule has 0 amide bonds. The standard InChI is InChI=1S/C8H6F3NO3/c1-4-2-5(13)3-6(8(9,10)11)7(4)12(14)15/h2-3,13H,1H3. The minimum absolute atomic E-state index is 0.229. The maximum absolute atomic E-state index is 12.4. The Balaban J connectivity index is 3.54. The van der Waals surface area contributed by atoms with Crippen molar-refractivity contribution in [3.63, 3.8) is 0 Å². The smallest absolute Gasteiger partial charge is 0.423 e. The molecule has 7 heteroatoms. The average Bonchev–Trinajstić information content (AvgIpc) is 1.99. The van der Waals surface area contributed by atoms with Crippen LogP contribution in [-0.2, 0) is 6.18 Å². The normalized spacial score (nSPS) is 11.5. The van der Waals surface area contributed by atoms with Crippen molar-refractivity contribution < 1.29 is 23.2 Å². The largest absolute Gasteiger partial charge is 0.508 e. The fourth-order valence-electron chi connectivity index (χ4n) is 1.22. The van der Waals surface area contributed by atoms with Gasteiger partial charge in [0.25, 0.3) is 5.69 Å². The molecule has 1 rings (SSSR count). The van der Waals surface area contributed by atoms with E-state index < -0.39 is 28.1 Å². The first-order valence-corrected chi connectivity index (χ1v) is 3.78. The summed E-state index contributed by atoms with van der Waals surface area (Å²) >= 11 is 0. The fourth-order valence-corrected chi connectivity index (χ4v) is 1.22. The average molecular weight is 221 g/mol. The Morgan fingerprint density at radius 1 is 1.40 bits per heavy atom. The molecule has 4 nitrogen and oxygen atoms in total. The number of benzene rings is 1. The minimum Gasteiger partial charge on any atom is -0.508 e. The van der Waals surface area contributed by atoms with Crippen LogP contribution in [0, 0.1) is 17.0 Å². The Labute approximate surface area is 82.1 Å². The Morgan fingerprint density at radius 3 is 2.33 bits per heavy atom. The van der Waals surface area contributed by atoms with E-state index in [2.05, 4.69) is 0 Å². The van der Waals surface area contributed by atoms with Crippen molar-refractivity contribution in [3.05, 3.63) is 33.4 Å². The first-order valence-electron chi connectivity index (χ1n) is 3.78. The second-order valence-corrected chi connectivity index (χ2v) is 2.91. The van der Waals surface area contributed by atoms with Gasteiger partial charge >= 0.3 is 6.18 Å². The SMILES string of the molecule is Cc1cc(O)cc(C(F)(F)F)c1[N+](=O)[O-]. The Morgan fingerprint density at radius 2 is 1.93 bits per heavy atom. The van der Waals surface area contributed by atoms with E-state index in [1.807, 2.05) is 0 Å². The molecule has 0 aliphatic heterocycles. The number of aryl methyl sites for hydroxylation is 1. The molecule has 0 saturated heterocycles. The molecule has 15 heavy (non-hydrogen) atoms. The van der Waals surface area contributed by atoms with Crippen molar-refractivity contribution in [3.8, 4) is 5.75 Å². The second-order valence-electron chi connectivity index (χ2n) is 2.91. The molecule has 0 aliphatic carbocycles. The Kier molecular flexibility index (Phi) is 2.57. The highest BCUT2D eigenvalue weighted by atomic mass is 19.4. The number of hydrogen-bond acceptors (Lipinski definition) is 3. The van der Waals surface area contributed by atoms with E-state index in [0.717, 1.165) is 13.0 Å². The lowest BCUT2D eigenvalue weighted by Gasteiger charge is -2.09. The number of hydrogen-bond donors (Lipinski definition) is 1. The van der Waals surface area contributed by atoms with Crippen LogP contribution in [-0.4, -0.2) is 10.0 Å². The molecule has 0 bridgehead atoms. The highest BCUT2D eigenvalue weighted by molar-refractivity contribution is 5.52. The molecule has 0 aromatic heterocycles. The van der Waals surface area contributed by atoms with Crippen LogP contribution in [0.3, 0.4) is 0 Å². The molecule has 1 aromatic carbocycles. The molecule has 1 aromatic rings. The van der Waals surface area contributed by atoms with E-state index in [1.54, 1.807) is 0 Å². The van der Waals surface area contributed by atoms with Gasteiger partial charge in [0, 0.05) is 5.56 Å². The summed E-state index contributed by atoms with van der Waals surface area (Å²) in [6.45, 7) is 1.13. The summed E-state index contributed by atoms with van der Waals surface area (Å²) in [7, 11) is 0. The van der Waals surface area contributed by atoms with Gasteiger partial charge < -0.3 is 5.11 Å². The van der Waals surface area contributed by atoms with Crippen LogP contribution in [0.1, 0.15) is 11.1 Å². The van der Waals surface area contributed by atoms with E-state index >= 15 is 0 Å². The predicted molar refractivity (Wildman–Crippen MR) is 44.5 cm³/mol. The summed E-state index contributed by atoms with van der Waals surface area (Å²) in [4.78, 5) is 9.31. The van der Waals surface area contributed by atoms with E-state index in [9.17, 15) is 23.3 Å².